The van der Waals surface area contributed by atoms with Gasteiger partial charge in [0.05, 0.1) is 12.6 Å². The monoisotopic (exact) mass is 322 g/mol. The van der Waals surface area contributed by atoms with E-state index in [1.807, 2.05) is 42.6 Å². The van der Waals surface area contributed by atoms with E-state index in [2.05, 4.69) is 10.3 Å². The van der Waals surface area contributed by atoms with Crippen LogP contribution in [0.1, 0.15) is 17.2 Å². The largest absolute Gasteiger partial charge is 0.508 e. The first kappa shape index (κ1) is 14.8. The van der Waals surface area contributed by atoms with Crippen LogP contribution in [-0.4, -0.2) is 28.6 Å². The van der Waals surface area contributed by atoms with Gasteiger partial charge in [-0.3, -0.25) is 4.79 Å². The van der Waals surface area contributed by atoms with E-state index in [0.717, 1.165) is 22.0 Å². The van der Waals surface area contributed by atoms with Crippen molar-refractivity contribution in [3.05, 3.63) is 65.9 Å². The lowest BCUT2D eigenvalue weighted by Crippen LogP contribution is -2.48. The summed E-state index contributed by atoms with van der Waals surface area (Å²) < 4.78 is 5.87. The normalized spacial score (nSPS) is 20.9. The molecule has 0 spiro atoms. The maximum atomic E-state index is 12.5. The van der Waals surface area contributed by atoms with Crippen molar-refractivity contribution in [3.63, 3.8) is 0 Å². The van der Waals surface area contributed by atoms with Gasteiger partial charge < -0.3 is 20.1 Å². The number of H-pyrrole nitrogens is 1. The van der Waals surface area contributed by atoms with Gasteiger partial charge in [-0.1, -0.05) is 30.3 Å². The molecule has 122 valence electrons. The number of ether oxygens (including phenoxy) is 1. The Hall–Kier alpha value is -2.79. The van der Waals surface area contributed by atoms with Gasteiger partial charge in [-0.2, -0.15) is 0 Å². The lowest BCUT2D eigenvalue weighted by atomic mass is 10.0. The smallest absolute Gasteiger partial charge is 0.254 e. The van der Waals surface area contributed by atoms with E-state index in [0.29, 0.717) is 13.0 Å². The van der Waals surface area contributed by atoms with E-state index in [1.165, 1.54) is 0 Å². The summed E-state index contributed by atoms with van der Waals surface area (Å²) in [6.45, 7) is 0.455. The molecule has 2 heterocycles. The Morgan fingerprint density at radius 3 is 2.71 bits per heavy atom. The van der Waals surface area contributed by atoms with Crippen LogP contribution in [0.4, 0.5) is 0 Å². The van der Waals surface area contributed by atoms with Gasteiger partial charge in [0.1, 0.15) is 5.75 Å². The molecule has 1 fully saturated rings. The first-order valence-corrected chi connectivity index (χ1v) is 7.96. The number of benzene rings is 2. The Bertz CT molecular complexity index is 870. The number of hydrogen-bond donors (Lipinski definition) is 3. The van der Waals surface area contributed by atoms with Gasteiger partial charge in [-0.15, -0.1) is 0 Å². The number of phenols is 1. The summed E-state index contributed by atoms with van der Waals surface area (Å²) in [6, 6.07) is 14.8. The third kappa shape index (κ3) is 2.74. The minimum Gasteiger partial charge on any atom is -0.508 e. The minimum absolute atomic E-state index is 0.0662. The number of carbonyl (C=O) groups excluding carboxylic acids is 1. The molecule has 3 aromatic rings. The number of carbonyl (C=O) groups is 1. The van der Waals surface area contributed by atoms with Crippen molar-refractivity contribution < 1.29 is 14.6 Å². The van der Waals surface area contributed by atoms with Crippen molar-refractivity contribution in [1.82, 2.24) is 10.3 Å². The Kier molecular flexibility index (Phi) is 3.70. The molecule has 0 saturated carbocycles. The number of hydrogen-bond acceptors (Lipinski definition) is 3. The number of aromatic nitrogens is 1. The van der Waals surface area contributed by atoms with E-state index in [4.69, 9.17) is 4.74 Å². The molecular weight excluding hydrogens is 304 g/mol. The van der Waals surface area contributed by atoms with E-state index in [1.54, 1.807) is 12.1 Å². The number of morpholine rings is 1. The summed E-state index contributed by atoms with van der Waals surface area (Å²) in [5.41, 5.74) is 2.91. The summed E-state index contributed by atoms with van der Waals surface area (Å²) in [5.74, 6) is 0.122. The summed E-state index contributed by atoms with van der Waals surface area (Å²) in [4.78, 5) is 15.7. The highest BCUT2D eigenvalue weighted by Gasteiger charge is 2.31. The number of aromatic amines is 1. The van der Waals surface area contributed by atoms with E-state index in [9.17, 15) is 9.90 Å². The van der Waals surface area contributed by atoms with Gasteiger partial charge in [-0.05, 0) is 30.2 Å². The second-order valence-electron chi connectivity index (χ2n) is 6.08. The maximum absolute atomic E-state index is 12.5. The molecule has 1 amide bonds. The van der Waals surface area contributed by atoms with E-state index in [-0.39, 0.29) is 17.7 Å². The van der Waals surface area contributed by atoms with Gasteiger partial charge in [0.15, 0.2) is 6.10 Å². The fourth-order valence-corrected chi connectivity index (χ4v) is 3.18. The molecule has 2 aromatic carbocycles. The molecule has 1 aromatic heterocycles. The topological polar surface area (TPSA) is 74.3 Å². The van der Waals surface area contributed by atoms with Gasteiger partial charge in [0.2, 0.25) is 0 Å². The predicted octanol–water partition coefficient (Wildman–Crippen LogP) is 2.67. The van der Waals surface area contributed by atoms with Crippen molar-refractivity contribution in [2.24, 2.45) is 0 Å². The Morgan fingerprint density at radius 2 is 1.92 bits per heavy atom. The van der Waals surface area contributed by atoms with E-state index >= 15 is 0 Å². The number of nitrogens with one attached hydrogen (secondary N) is 2. The molecule has 0 radical (unpaired) electrons. The average Bonchev–Trinajstić information content (AvgIpc) is 3.01. The Morgan fingerprint density at radius 1 is 1.12 bits per heavy atom. The molecule has 1 aliphatic rings. The molecule has 4 rings (SSSR count). The number of rotatable bonds is 3. The van der Waals surface area contributed by atoms with Crippen LogP contribution in [0.5, 0.6) is 5.75 Å². The fraction of sp³-hybridized carbons (Fsp3) is 0.211. The number of para-hydroxylation sites is 1. The molecule has 0 aliphatic carbocycles. The summed E-state index contributed by atoms with van der Waals surface area (Å²) in [6.07, 6.45) is 1.93. The number of amides is 1. The second-order valence-corrected chi connectivity index (χ2v) is 6.08. The Labute approximate surface area is 139 Å². The number of fused-ring (bicyclic) bond motifs is 1. The zero-order valence-corrected chi connectivity index (χ0v) is 13.0. The van der Waals surface area contributed by atoms with Gasteiger partial charge in [-0.25, -0.2) is 0 Å². The molecule has 5 nitrogen and oxygen atoms in total. The number of phenolic OH excluding ortho intramolecular Hbond substituents is 1. The van der Waals surface area contributed by atoms with Crippen molar-refractivity contribution in [2.75, 3.05) is 6.61 Å². The molecule has 0 unspecified atom stereocenters. The van der Waals surface area contributed by atoms with Crippen LogP contribution in [-0.2, 0) is 16.0 Å². The quantitative estimate of drug-likeness (QED) is 0.694. The molecule has 3 N–H and O–H groups in total. The minimum atomic E-state index is -0.586. The standard InChI is InChI=1S/C19H18N2O3/c22-14-7-5-12(6-8-14)9-13-11-24-18(19(23)21-13)16-10-20-17-4-2-1-3-15(16)17/h1-8,10,13,18,20,22H,9,11H2,(H,21,23)/t13-,18+/m0/s1. The summed E-state index contributed by atoms with van der Waals surface area (Å²) in [7, 11) is 0. The Balaban J connectivity index is 1.48. The van der Waals surface area contributed by atoms with Gasteiger partial charge >= 0.3 is 0 Å². The van der Waals surface area contributed by atoms with Crippen molar-refractivity contribution in [3.8, 4) is 5.75 Å². The van der Waals surface area contributed by atoms with Crippen molar-refractivity contribution in [2.45, 2.75) is 18.6 Å². The maximum Gasteiger partial charge on any atom is 0.254 e. The zero-order valence-electron chi connectivity index (χ0n) is 13.0. The second kappa shape index (κ2) is 6.02. The molecule has 1 aliphatic heterocycles. The molecule has 0 bridgehead atoms. The van der Waals surface area contributed by atoms with Gasteiger partial charge in [0.25, 0.3) is 5.91 Å². The van der Waals surface area contributed by atoms with Crippen LogP contribution in [0.15, 0.2) is 54.7 Å². The van der Waals surface area contributed by atoms with Crippen LogP contribution in [0.25, 0.3) is 10.9 Å². The highest BCUT2D eigenvalue weighted by molar-refractivity contribution is 5.91. The van der Waals surface area contributed by atoms with E-state index < -0.39 is 6.10 Å². The summed E-state index contributed by atoms with van der Waals surface area (Å²) >= 11 is 0. The third-order valence-corrected chi connectivity index (χ3v) is 4.37. The molecular formula is C19H18N2O3. The van der Waals surface area contributed by atoms with Crippen LogP contribution in [0.2, 0.25) is 0 Å². The number of aromatic hydroxyl groups is 1. The molecule has 5 heteroatoms. The first-order chi connectivity index (χ1) is 11.7. The lowest BCUT2D eigenvalue weighted by Gasteiger charge is -2.29. The van der Waals surface area contributed by atoms with Crippen LogP contribution in [0.3, 0.4) is 0 Å². The first-order valence-electron chi connectivity index (χ1n) is 7.96. The van der Waals surface area contributed by atoms with Gasteiger partial charge in [0, 0.05) is 22.7 Å². The predicted molar refractivity (Wildman–Crippen MR) is 90.7 cm³/mol. The average molecular weight is 322 g/mol. The SMILES string of the molecule is O=C1N[C@@H](Cc2ccc(O)cc2)CO[C@@H]1c1c[nH]c2ccccc12. The lowest BCUT2D eigenvalue weighted by molar-refractivity contribution is -0.141. The molecule has 24 heavy (non-hydrogen) atoms. The third-order valence-electron chi connectivity index (χ3n) is 4.37. The zero-order chi connectivity index (χ0) is 16.5. The highest BCUT2D eigenvalue weighted by atomic mass is 16.5. The molecule has 2 atom stereocenters. The van der Waals surface area contributed by atoms with Crippen molar-refractivity contribution in [1.29, 1.82) is 0 Å². The van der Waals surface area contributed by atoms with Crippen molar-refractivity contribution >= 4 is 16.8 Å². The van der Waals surface area contributed by atoms with Crippen LogP contribution < -0.4 is 5.32 Å². The van der Waals surface area contributed by atoms with Crippen LogP contribution >= 0.6 is 0 Å². The highest BCUT2D eigenvalue weighted by Crippen LogP contribution is 2.29. The van der Waals surface area contributed by atoms with Crippen LogP contribution in [0, 0.1) is 0 Å². The fourth-order valence-electron chi connectivity index (χ4n) is 3.18. The summed E-state index contributed by atoms with van der Waals surface area (Å²) in [5, 5.41) is 13.4. The molecule has 1 saturated heterocycles.